The fraction of sp³-hybridized carbons (Fsp3) is 0.383. The third-order valence-corrected chi connectivity index (χ3v) is 12.0. The normalized spacial score (nSPS) is 19.2. The Bertz CT molecular complexity index is 2340. The first-order valence-electron chi connectivity index (χ1n) is 21.1. The van der Waals surface area contributed by atoms with E-state index in [4.69, 9.17) is 10.7 Å². The average Bonchev–Trinajstić information content (AvgIpc) is 4.12. The molecule has 3 fully saturated rings. The fourth-order valence-corrected chi connectivity index (χ4v) is 8.40. The lowest BCUT2D eigenvalue weighted by Crippen LogP contribution is -2.50. The third kappa shape index (κ3) is 8.85. The molecule has 2 aromatic heterocycles. The van der Waals surface area contributed by atoms with E-state index in [-0.39, 0.29) is 35.8 Å². The van der Waals surface area contributed by atoms with Gasteiger partial charge in [0.15, 0.2) is 0 Å². The highest BCUT2D eigenvalue weighted by molar-refractivity contribution is 5.89. The van der Waals surface area contributed by atoms with E-state index in [1.807, 2.05) is 109 Å². The zero-order valence-electron chi connectivity index (χ0n) is 34.2. The Kier molecular flexibility index (Phi) is 12.1. The number of hydrogen-bond acceptors (Lipinski definition) is 7. The summed E-state index contributed by atoms with van der Waals surface area (Å²) >= 11 is 0. The van der Waals surface area contributed by atoms with Crippen molar-refractivity contribution >= 4 is 17.8 Å². The van der Waals surface area contributed by atoms with E-state index in [0.29, 0.717) is 44.8 Å². The van der Waals surface area contributed by atoms with Gasteiger partial charge in [-0.25, -0.2) is 14.8 Å². The highest BCUT2D eigenvalue weighted by Gasteiger charge is 2.38. The monoisotopic (exact) mass is 807 g/mol. The molecule has 0 spiro atoms. The van der Waals surface area contributed by atoms with Crippen LogP contribution in [0.2, 0.25) is 0 Å². The predicted octanol–water partition coefficient (Wildman–Crippen LogP) is 6.08. The summed E-state index contributed by atoms with van der Waals surface area (Å²) in [5.74, 6) is 7.91. The number of aliphatic hydroxyl groups is 1. The summed E-state index contributed by atoms with van der Waals surface area (Å²) in [6.07, 6.45) is 7.62. The Balaban J connectivity index is 0.900. The summed E-state index contributed by atoms with van der Waals surface area (Å²) in [7, 11) is 0. The number of aromatic amines is 2. The van der Waals surface area contributed by atoms with Gasteiger partial charge in [-0.05, 0) is 85.4 Å². The molecule has 6 N–H and O–H groups in total. The Morgan fingerprint density at radius 3 is 1.72 bits per heavy atom. The lowest BCUT2D eigenvalue weighted by molar-refractivity contribution is -0.135. The van der Waals surface area contributed by atoms with Crippen LogP contribution in [-0.4, -0.2) is 95.9 Å². The van der Waals surface area contributed by atoms with Gasteiger partial charge in [-0.15, -0.1) is 0 Å². The number of likely N-dealkylation sites (tertiary alicyclic amines) is 3. The van der Waals surface area contributed by atoms with Crippen LogP contribution in [-0.2, 0) is 9.59 Å². The minimum Gasteiger partial charge on any atom is -0.393 e. The minimum absolute atomic E-state index is 0.0193. The maximum atomic E-state index is 14.2. The summed E-state index contributed by atoms with van der Waals surface area (Å²) in [5.41, 5.74) is 12.3. The van der Waals surface area contributed by atoms with E-state index in [1.54, 1.807) is 11.1 Å². The smallest absolute Gasteiger partial charge is 0.318 e. The Hall–Kier alpha value is -6.23. The molecule has 8 rings (SSSR count). The van der Waals surface area contributed by atoms with Crippen LogP contribution in [0.1, 0.15) is 98.8 Å². The van der Waals surface area contributed by atoms with Gasteiger partial charge in [0.1, 0.15) is 17.7 Å². The summed E-state index contributed by atoms with van der Waals surface area (Å²) in [5, 5.41) is 12.9. The lowest BCUT2D eigenvalue weighted by Gasteiger charge is -2.33. The van der Waals surface area contributed by atoms with Crippen molar-refractivity contribution in [3.63, 3.8) is 0 Å². The number of aliphatic hydroxyl groups excluding tert-OH is 1. The van der Waals surface area contributed by atoms with Crippen LogP contribution < -0.4 is 11.1 Å². The van der Waals surface area contributed by atoms with Gasteiger partial charge < -0.3 is 40.8 Å². The summed E-state index contributed by atoms with van der Waals surface area (Å²) in [6, 6.07) is 23.3. The maximum Gasteiger partial charge on any atom is 0.318 e. The van der Waals surface area contributed by atoms with Crippen molar-refractivity contribution in [1.82, 2.24) is 40.0 Å². The second-order valence-electron chi connectivity index (χ2n) is 16.4. The number of hydrogen-bond donors (Lipinski definition) is 5. The zero-order chi connectivity index (χ0) is 41.8. The van der Waals surface area contributed by atoms with Crippen molar-refractivity contribution in [2.75, 3.05) is 26.2 Å². The van der Waals surface area contributed by atoms with E-state index in [1.165, 1.54) is 0 Å². The molecule has 3 saturated heterocycles. The summed E-state index contributed by atoms with van der Waals surface area (Å²) in [4.78, 5) is 62.3. The van der Waals surface area contributed by atoms with Crippen molar-refractivity contribution in [3.05, 3.63) is 120 Å². The van der Waals surface area contributed by atoms with Gasteiger partial charge in [-0.2, -0.15) is 0 Å². The van der Waals surface area contributed by atoms with Crippen molar-refractivity contribution < 1.29 is 19.5 Å². The molecule has 0 bridgehead atoms. The second kappa shape index (κ2) is 17.9. The van der Waals surface area contributed by atoms with Gasteiger partial charge in [-0.1, -0.05) is 80.3 Å². The highest BCUT2D eigenvalue weighted by Crippen LogP contribution is 2.35. The Labute approximate surface area is 350 Å². The topological polar surface area (TPSA) is 177 Å². The molecule has 0 radical (unpaired) electrons. The molecule has 3 aromatic carbocycles. The van der Waals surface area contributed by atoms with E-state index >= 15 is 0 Å². The molecule has 13 heteroatoms. The van der Waals surface area contributed by atoms with Crippen molar-refractivity contribution in [2.24, 2.45) is 11.7 Å². The number of carbonyl (C=O) groups excluding carboxylic acids is 3. The zero-order valence-corrected chi connectivity index (χ0v) is 34.2. The molecular weight excluding hydrogens is 755 g/mol. The quantitative estimate of drug-likeness (QED) is 0.112. The first-order valence-corrected chi connectivity index (χ1v) is 21.1. The van der Waals surface area contributed by atoms with Gasteiger partial charge in [0, 0.05) is 37.3 Å². The number of urea groups is 1. The SMILES string of the molecule is CC(C)[C@H](N)C(=O)N1CCC[C@H]1c1ncc(-c2ccc(C#Cc3ccc(-c4cnc([C@@H]5CCCN5C(=O)[C@H](NC(=O)N5CCC(O)CC5)c5ccccc5)[nH]4)cc3)cc2)[nH]1. The molecule has 4 atom stereocenters. The number of nitrogens with zero attached hydrogens (tertiary/aromatic N) is 5. The molecule has 3 aliphatic heterocycles. The van der Waals surface area contributed by atoms with E-state index < -0.39 is 18.2 Å². The number of benzene rings is 3. The number of piperidine rings is 1. The van der Waals surface area contributed by atoms with Gasteiger partial charge in [0.25, 0.3) is 0 Å². The Morgan fingerprint density at radius 2 is 1.22 bits per heavy atom. The van der Waals surface area contributed by atoms with Crippen LogP contribution in [0.15, 0.2) is 91.3 Å². The van der Waals surface area contributed by atoms with Crippen molar-refractivity contribution in [1.29, 1.82) is 0 Å². The van der Waals surface area contributed by atoms with Crippen LogP contribution in [0.3, 0.4) is 0 Å². The molecule has 13 nitrogen and oxygen atoms in total. The first-order chi connectivity index (χ1) is 29.1. The fourth-order valence-electron chi connectivity index (χ4n) is 8.40. The van der Waals surface area contributed by atoms with Gasteiger partial charge in [0.05, 0.1) is 48.0 Å². The first kappa shape index (κ1) is 40.5. The number of amides is 4. The molecule has 0 unspecified atom stereocenters. The predicted molar refractivity (Wildman–Crippen MR) is 229 cm³/mol. The molecular formula is C47H53N9O4. The number of H-pyrrole nitrogens is 2. The standard InChI is InChI=1S/C47H53N9O4/c1-30(2)41(48)45(58)55-24-6-10-39(55)43-49-28-37(51-43)33-18-14-31(15-19-33)12-13-32-16-20-34(21-17-32)38-29-50-44(52-38)40-11-7-25-56(40)46(59)42(35-8-4-3-5-9-35)53-47(60)54-26-22-36(57)23-27-54/h3-5,8-9,14-21,28-30,36,39-42,57H,6-7,10-11,22-27,48H2,1-2H3,(H,49,51)(H,50,52)(H,53,60)/t39-,40-,41-,42+/m0/s1. The summed E-state index contributed by atoms with van der Waals surface area (Å²) < 4.78 is 0. The number of carbonyl (C=O) groups is 3. The average molecular weight is 808 g/mol. The number of nitrogens with two attached hydrogens (primary N) is 1. The van der Waals surface area contributed by atoms with Crippen molar-refractivity contribution in [3.8, 4) is 34.4 Å². The minimum atomic E-state index is -0.848. The molecule has 60 heavy (non-hydrogen) atoms. The number of nitrogens with one attached hydrogen (secondary N) is 3. The van der Waals surface area contributed by atoms with E-state index in [2.05, 4.69) is 32.1 Å². The molecule has 310 valence electrons. The van der Waals surface area contributed by atoms with Gasteiger partial charge in [-0.3, -0.25) is 9.59 Å². The Morgan fingerprint density at radius 1 is 0.717 bits per heavy atom. The van der Waals surface area contributed by atoms with E-state index in [9.17, 15) is 19.5 Å². The molecule has 3 aliphatic rings. The van der Waals surface area contributed by atoms with E-state index in [0.717, 1.165) is 70.7 Å². The van der Waals surface area contributed by atoms with Crippen LogP contribution in [0.4, 0.5) is 4.79 Å². The third-order valence-electron chi connectivity index (χ3n) is 12.0. The van der Waals surface area contributed by atoms with Crippen LogP contribution in [0.25, 0.3) is 22.5 Å². The largest absolute Gasteiger partial charge is 0.393 e. The summed E-state index contributed by atoms with van der Waals surface area (Å²) in [6.45, 7) is 6.08. The van der Waals surface area contributed by atoms with Crippen LogP contribution in [0, 0.1) is 17.8 Å². The molecule has 5 aromatic rings. The van der Waals surface area contributed by atoms with Crippen LogP contribution in [0.5, 0.6) is 0 Å². The molecule has 5 heterocycles. The maximum absolute atomic E-state index is 14.2. The second-order valence-corrected chi connectivity index (χ2v) is 16.4. The number of imidazole rings is 2. The molecule has 0 saturated carbocycles. The molecule has 0 aliphatic carbocycles. The number of aromatic nitrogens is 4. The van der Waals surface area contributed by atoms with Gasteiger partial charge in [0.2, 0.25) is 11.8 Å². The number of rotatable bonds is 9. The van der Waals surface area contributed by atoms with Crippen molar-refractivity contribution in [2.45, 2.75) is 82.6 Å². The van der Waals surface area contributed by atoms with Crippen LogP contribution >= 0.6 is 0 Å². The lowest BCUT2D eigenvalue weighted by atomic mass is 10.0. The highest BCUT2D eigenvalue weighted by atomic mass is 16.3. The van der Waals surface area contributed by atoms with Gasteiger partial charge >= 0.3 is 6.03 Å². The molecule has 4 amide bonds.